The van der Waals surface area contributed by atoms with Crippen LogP contribution in [0.1, 0.15) is 18.6 Å². The van der Waals surface area contributed by atoms with Crippen LogP contribution in [-0.2, 0) is 9.53 Å². The van der Waals surface area contributed by atoms with Crippen LogP contribution in [0, 0.1) is 0 Å². The molecular formula is C13H16Cl2N2O2. The number of ether oxygens (including phenoxy) is 1. The van der Waals surface area contributed by atoms with Crippen LogP contribution < -0.4 is 5.73 Å². The molecule has 1 saturated heterocycles. The van der Waals surface area contributed by atoms with Gasteiger partial charge in [-0.3, -0.25) is 9.69 Å². The van der Waals surface area contributed by atoms with Crippen molar-refractivity contribution < 1.29 is 9.53 Å². The molecule has 4 nitrogen and oxygen atoms in total. The lowest BCUT2D eigenvalue weighted by atomic mass is 10.1. The Morgan fingerprint density at radius 3 is 2.84 bits per heavy atom. The van der Waals surface area contributed by atoms with E-state index in [0.717, 1.165) is 5.56 Å². The van der Waals surface area contributed by atoms with Crippen LogP contribution in [0.15, 0.2) is 18.2 Å². The topological polar surface area (TPSA) is 55.6 Å². The van der Waals surface area contributed by atoms with Crippen LogP contribution in [0.2, 0.25) is 10.0 Å². The number of primary amides is 1. The molecule has 1 aliphatic heterocycles. The number of carbonyl (C=O) groups is 1. The van der Waals surface area contributed by atoms with Gasteiger partial charge in [-0.1, -0.05) is 29.3 Å². The molecule has 1 fully saturated rings. The highest BCUT2D eigenvalue weighted by molar-refractivity contribution is 6.42. The Balaban J connectivity index is 2.12. The van der Waals surface area contributed by atoms with Crippen molar-refractivity contribution in [2.75, 3.05) is 19.7 Å². The number of nitrogens with zero attached hydrogens (tertiary/aromatic N) is 1. The first-order valence-electron chi connectivity index (χ1n) is 6.09. The lowest BCUT2D eigenvalue weighted by molar-refractivity contribution is -0.126. The minimum Gasteiger partial charge on any atom is -0.371 e. The number of nitrogens with two attached hydrogens (primary N) is 1. The van der Waals surface area contributed by atoms with Gasteiger partial charge in [-0.2, -0.15) is 0 Å². The number of hydrogen-bond acceptors (Lipinski definition) is 3. The zero-order valence-electron chi connectivity index (χ0n) is 10.6. The molecule has 1 heterocycles. The van der Waals surface area contributed by atoms with E-state index in [0.29, 0.717) is 29.7 Å². The van der Waals surface area contributed by atoms with E-state index in [2.05, 4.69) is 0 Å². The number of benzene rings is 1. The molecule has 1 aromatic rings. The third-order valence-electron chi connectivity index (χ3n) is 3.37. The van der Waals surface area contributed by atoms with E-state index in [4.69, 9.17) is 33.7 Å². The molecule has 1 amide bonds. The highest BCUT2D eigenvalue weighted by Gasteiger charge is 2.27. The summed E-state index contributed by atoms with van der Waals surface area (Å²) in [5.41, 5.74) is 6.29. The number of halogens is 2. The highest BCUT2D eigenvalue weighted by atomic mass is 35.5. The Morgan fingerprint density at radius 2 is 2.21 bits per heavy atom. The molecule has 0 bridgehead atoms. The summed E-state index contributed by atoms with van der Waals surface area (Å²) < 4.78 is 5.72. The summed E-state index contributed by atoms with van der Waals surface area (Å²) >= 11 is 11.9. The molecule has 0 aliphatic carbocycles. The fourth-order valence-electron chi connectivity index (χ4n) is 2.12. The zero-order chi connectivity index (χ0) is 14.0. The molecular weight excluding hydrogens is 287 g/mol. The Bertz CT molecular complexity index is 482. The minimum atomic E-state index is -0.324. The highest BCUT2D eigenvalue weighted by Crippen LogP contribution is 2.29. The first kappa shape index (κ1) is 14.6. The second-order valence-electron chi connectivity index (χ2n) is 4.61. The van der Waals surface area contributed by atoms with E-state index in [1.807, 2.05) is 11.0 Å². The maximum atomic E-state index is 11.2. The molecule has 2 rings (SSSR count). The standard InChI is InChI=1S/C13H16Cl2N2O2/c1-8(13(16)18)17-4-5-19-12(7-17)9-2-3-10(14)11(15)6-9/h2-3,6,8,12H,4-5,7H2,1H3,(H2,16,18)/t8-,12-/m1/s1. The lowest BCUT2D eigenvalue weighted by Gasteiger charge is -2.35. The summed E-state index contributed by atoms with van der Waals surface area (Å²) in [4.78, 5) is 13.3. The third kappa shape index (κ3) is 3.39. The van der Waals surface area contributed by atoms with Crippen LogP contribution in [0.4, 0.5) is 0 Å². The summed E-state index contributed by atoms with van der Waals surface area (Å²) in [7, 11) is 0. The summed E-state index contributed by atoms with van der Waals surface area (Å²) in [5, 5.41) is 1.02. The van der Waals surface area contributed by atoms with Gasteiger partial charge in [0.1, 0.15) is 0 Å². The number of rotatable bonds is 3. The van der Waals surface area contributed by atoms with E-state index < -0.39 is 0 Å². The Morgan fingerprint density at radius 1 is 1.47 bits per heavy atom. The van der Waals surface area contributed by atoms with Crippen molar-refractivity contribution in [1.82, 2.24) is 4.90 Å². The van der Waals surface area contributed by atoms with Crippen LogP contribution in [0.3, 0.4) is 0 Å². The minimum absolute atomic E-state index is 0.120. The number of hydrogen-bond donors (Lipinski definition) is 1. The van der Waals surface area contributed by atoms with Gasteiger partial charge in [0.2, 0.25) is 5.91 Å². The summed E-state index contributed by atoms with van der Waals surface area (Å²) in [6.07, 6.45) is -0.120. The van der Waals surface area contributed by atoms with Crippen molar-refractivity contribution >= 4 is 29.1 Å². The van der Waals surface area contributed by atoms with Crippen LogP contribution in [-0.4, -0.2) is 36.5 Å². The summed E-state index contributed by atoms with van der Waals surface area (Å²) in [5.74, 6) is -0.324. The van der Waals surface area contributed by atoms with Gasteiger partial charge in [0.15, 0.2) is 0 Å². The predicted octanol–water partition coefficient (Wildman–Crippen LogP) is 2.24. The zero-order valence-corrected chi connectivity index (χ0v) is 12.1. The van der Waals surface area contributed by atoms with Crippen molar-refractivity contribution in [1.29, 1.82) is 0 Å². The molecule has 0 radical (unpaired) electrons. The van der Waals surface area contributed by atoms with E-state index >= 15 is 0 Å². The largest absolute Gasteiger partial charge is 0.371 e. The normalized spacial score (nSPS) is 22.2. The Hall–Kier alpha value is -0.810. The van der Waals surface area contributed by atoms with Crippen molar-refractivity contribution in [3.8, 4) is 0 Å². The van der Waals surface area contributed by atoms with Crippen LogP contribution in [0.25, 0.3) is 0 Å². The maximum absolute atomic E-state index is 11.2. The van der Waals surface area contributed by atoms with Crippen molar-refractivity contribution in [3.63, 3.8) is 0 Å². The third-order valence-corrected chi connectivity index (χ3v) is 4.11. The Kier molecular flexibility index (Phi) is 4.68. The summed E-state index contributed by atoms with van der Waals surface area (Å²) in [6, 6.07) is 5.14. The van der Waals surface area contributed by atoms with Crippen molar-refractivity contribution in [2.45, 2.75) is 19.1 Å². The lowest BCUT2D eigenvalue weighted by Crippen LogP contribution is -2.48. The van der Waals surface area contributed by atoms with Crippen LogP contribution in [0.5, 0.6) is 0 Å². The molecule has 2 N–H and O–H groups in total. The average Bonchev–Trinajstić information content (AvgIpc) is 2.41. The molecule has 104 valence electrons. The second kappa shape index (κ2) is 6.09. The van der Waals surface area contributed by atoms with E-state index in [9.17, 15) is 4.79 Å². The molecule has 0 aromatic heterocycles. The van der Waals surface area contributed by atoms with Gasteiger partial charge < -0.3 is 10.5 Å². The first-order valence-corrected chi connectivity index (χ1v) is 6.84. The monoisotopic (exact) mass is 302 g/mol. The molecule has 0 saturated carbocycles. The van der Waals surface area contributed by atoms with Crippen LogP contribution >= 0.6 is 23.2 Å². The van der Waals surface area contributed by atoms with Gasteiger partial charge in [-0.25, -0.2) is 0 Å². The van der Waals surface area contributed by atoms with E-state index in [-0.39, 0.29) is 18.1 Å². The first-order chi connectivity index (χ1) is 8.99. The maximum Gasteiger partial charge on any atom is 0.234 e. The quantitative estimate of drug-likeness (QED) is 0.931. The number of amides is 1. The van der Waals surface area contributed by atoms with E-state index in [1.54, 1.807) is 19.1 Å². The molecule has 19 heavy (non-hydrogen) atoms. The van der Waals surface area contributed by atoms with Gasteiger partial charge >= 0.3 is 0 Å². The van der Waals surface area contributed by atoms with Crippen molar-refractivity contribution in [2.24, 2.45) is 5.73 Å². The van der Waals surface area contributed by atoms with Gasteiger partial charge in [0, 0.05) is 13.1 Å². The predicted molar refractivity (Wildman–Crippen MR) is 75.4 cm³/mol. The molecule has 0 spiro atoms. The molecule has 1 aromatic carbocycles. The van der Waals surface area contributed by atoms with Crippen molar-refractivity contribution in [3.05, 3.63) is 33.8 Å². The fourth-order valence-corrected chi connectivity index (χ4v) is 2.42. The second-order valence-corrected chi connectivity index (χ2v) is 5.42. The molecule has 6 heteroatoms. The Labute approximate surface area is 122 Å². The number of morpholine rings is 1. The number of carbonyl (C=O) groups excluding carboxylic acids is 1. The van der Waals surface area contributed by atoms with Gasteiger partial charge in [-0.15, -0.1) is 0 Å². The van der Waals surface area contributed by atoms with E-state index in [1.165, 1.54) is 0 Å². The smallest absolute Gasteiger partial charge is 0.234 e. The SMILES string of the molecule is C[C@H](C(N)=O)N1CCO[C@@H](c2ccc(Cl)c(Cl)c2)C1. The summed E-state index contributed by atoms with van der Waals surface area (Å²) in [6.45, 7) is 3.67. The van der Waals surface area contributed by atoms with Gasteiger partial charge in [0.05, 0.1) is 28.8 Å². The van der Waals surface area contributed by atoms with Gasteiger partial charge in [0.25, 0.3) is 0 Å². The molecule has 1 aliphatic rings. The van der Waals surface area contributed by atoms with Gasteiger partial charge in [-0.05, 0) is 24.6 Å². The molecule has 0 unspecified atom stereocenters. The fraction of sp³-hybridized carbons (Fsp3) is 0.462. The average molecular weight is 303 g/mol. The molecule has 2 atom stereocenters.